The van der Waals surface area contributed by atoms with E-state index in [2.05, 4.69) is 5.32 Å². The quantitative estimate of drug-likeness (QED) is 0.912. The molecule has 0 spiro atoms. The predicted molar refractivity (Wildman–Crippen MR) is 68.4 cm³/mol. The molecule has 7 heteroatoms. The summed E-state index contributed by atoms with van der Waals surface area (Å²) in [5.74, 6) is -0.475. The van der Waals surface area contributed by atoms with Crippen LogP contribution in [0, 0.1) is 11.3 Å². The average molecular weight is 298 g/mol. The number of nitriles is 1. The lowest BCUT2D eigenvalue weighted by atomic mass is 10.1. The molecule has 4 nitrogen and oxygen atoms in total. The van der Waals surface area contributed by atoms with Crippen LogP contribution in [0.2, 0.25) is 0 Å². The Kier molecular flexibility index (Phi) is 4.19. The number of hydrogen-bond donors (Lipinski definition) is 1. The number of benzene rings is 1. The maximum absolute atomic E-state index is 12.8. The van der Waals surface area contributed by atoms with Crippen molar-refractivity contribution in [1.29, 1.82) is 5.26 Å². The van der Waals surface area contributed by atoms with Crippen LogP contribution in [0.15, 0.2) is 18.2 Å². The Balaban J connectivity index is 2.18. The summed E-state index contributed by atoms with van der Waals surface area (Å²) in [7, 11) is 0. The van der Waals surface area contributed by atoms with Crippen molar-refractivity contribution >= 4 is 11.6 Å². The van der Waals surface area contributed by atoms with Gasteiger partial charge in [-0.05, 0) is 38.0 Å². The molecule has 1 N–H and O–H groups in total. The fraction of sp³-hybridized carbons (Fsp3) is 0.429. The van der Waals surface area contributed by atoms with Crippen LogP contribution in [0.3, 0.4) is 0 Å². The van der Waals surface area contributed by atoms with Crippen LogP contribution in [-0.4, -0.2) is 18.1 Å². The van der Waals surface area contributed by atoms with Gasteiger partial charge < -0.3 is 10.1 Å². The number of hydrogen-bond acceptors (Lipinski definition) is 3. The topological polar surface area (TPSA) is 62.1 Å². The molecule has 21 heavy (non-hydrogen) atoms. The Hall–Kier alpha value is -2.07. The van der Waals surface area contributed by atoms with Crippen molar-refractivity contribution in [2.24, 2.45) is 0 Å². The summed E-state index contributed by atoms with van der Waals surface area (Å²) in [4.78, 5) is 11.9. The second kappa shape index (κ2) is 5.74. The summed E-state index contributed by atoms with van der Waals surface area (Å²) in [6.07, 6.45) is -4.06. The standard InChI is InChI=1S/C14H13F3N2O2/c1-8-2-5-12(21-8)13(20)19-10-4-3-9(7-18)11(6-10)14(15,16)17/h3-4,6,8,12H,2,5H2,1H3,(H,19,20). The smallest absolute Gasteiger partial charge is 0.365 e. The van der Waals surface area contributed by atoms with Gasteiger partial charge in [-0.2, -0.15) is 18.4 Å². The highest BCUT2D eigenvalue weighted by Gasteiger charge is 2.34. The minimum atomic E-state index is -4.65. The van der Waals surface area contributed by atoms with E-state index in [1.165, 1.54) is 12.1 Å². The lowest BCUT2D eigenvalue weighted by Crippen LogP contribution is -2.27. The molecule has 0 bridgehead atoms. The number of nitrogens with zero attached hydrogens (tertiary/aromatic N) is 1. The number of halogens is 3. The Morgan fingerprint density at radius 1 is 1.43 bits per heavy atom. The van der Waals surface area contributed by atoms with Crippen molar-refractivity contribution < 1.29 is 22.7 Å². The molecule has 112 valence electrons. The molecule has 2 atom stereocenters. The molecule has 0 saturated carbocycles. The minimum absolute atomic E-state index is 0.00511. The van der Waals surface area contributed by atoms with Gasteiger partial charge in [-0.15, -0.1) is 0 Å². The molecule has 1 aliphatic heterocycles. The predicted octanol–water partition coefficient (Wildman–Crippen LogP) is 3.08. The fourth-order valence-electron chi connectivity index (χ4n) is 2.17. The Morgan fingerprint density at radius 3 is 2.67 bits per heavy atom. The number of ether oxygens (including phenoxy) is 1. The van der Waals surface area contributed by atoms with Crippen LogP contribution in [-0.2, 0) is 15.7 Å². The highest BCUT2D eigenvalue weighted by Crippen LogP contribution is 2.33. The van der Waals surface area contributed by atoms with Crippen LogP contribution < -0.4 is 5.32 Å². The normalized spacial score (nSPS) is 21.9. The first-order valence-electron chi connectivity index (χ1n) is 6.39. The number of alkyl halides is 3. The molecule has 2 unspecified atom stereocenters. The Labute approximate surface area is 119 Å². The van der Waals surface area contributed by atoms with E-state index in [0.29, 0.717) is 6.42 Å². The summed E-state index contributed by atoms with van der Waals surface area (Å²) >= 11 is 0. The zero-order chi connectivity index (χ0) is 15.6. The highest BCUT2D eigenvalue weighted by atomic mass is 19.4. The summed E-state index contributed by atoms with van der Waals surface area (Å²) in [6.45, 7) is 1.83. The third kappa shape index (κ3) is 3.52. The summed E-state index contributed by atoms with van der Waals surface area (Å²) in [6, 6.07) is 4.55. The highest BCUT2D eigenvalue weighted by molar-refractivity contribution is 5.94. The molecule has 1 aromatic carbocycles. The minimum Gasteiger partial charge on any atom is -0.365 e. The van der Waals surface area contributed by atoms with Crippen molar-refractivity contribution in [3.8, 4) is 6.07 Å². The average Bonchev–Trinajstić information content (AvgIpc) is 2.84. The number of carbonyl (C=O) groups excluding carboxylic acids is 1. The van der Waals surface area contributed by atoms with Gasteiger partial charge in [0.1, 0.15) is 6.10 Å². The second-order valence-electron chi connectivity index (χ2n) is 4.87. The van der Waals surface area contributed by atoms with Gasteiger partial charge in [-0.1, -0.05) is 0 Å². The zero-order valence-corrected chi connectivity index (χ0v) is 11.2. The first-order valence-corrected chi connectivity index (χ1v) is 6.39. The van der Waals surface area contributed by atoms with E-state index in [1.807, 2.05) is 6.92 Å². The molecule has 0 aliphatic carbocycles. The van der Waals surface area contributed by atoms with Crippen molar-refractivity contribution in [2.45, 2.75) is 38.1 Å². The SMILES string of the molecule is CC1CCC(C(=O)Nc2ccc(C#N)c(C(F)(F)F)c2)O1. The number of amides is 1. The number of rotatable bonds is 2. The van der Waals surface area contributed by atoms with Crippen LogP contribution in [0.5, 0.6) is 0 Å². The first kappa shape index (κ1) is 15.3. The van der Waals surface area contributed by atoms with Gasteiger partial charge in [0, 0.05) is 5.69 Å². The third-order valence-electron chi connectivity index (χ3n) is 3.24. The second-order valence-corrected chi connectivity index (χ2v) is 4.87. The van der Waals surface area contributed by atoms with Crippen LogP contribution in [0.1, 0.15) is 30.9 Å². The van der Waals surface area contributed by atoms with Crippen LogP contribution in [0.25, 0.3) is 0 Å². The van der Waals surface area contributed by atoms with Crippen molar-refractivity contribution in [3.05, 3.63) is 29.3 Å². The number of anilines is 1. The molecule has 1 fully saturated rings. The maximum atomic E-state index is 12.8. The van der Waals surface area contributed by atoms with Gasteiger partial charge in [0.25, 0.3) is 5.91 Å². The van der Waals surface area contributed by atoms with Gasteiger partial charge in [-0.25, -0.2) is 0 Å². The van der Waals surface area contributed by atoms with E-state index in [4.69, 9.17) is 10.00 Å². The Morgan fingerprint density at radius 2 is 2.14 bits per heavy atom. The van der Waals surface area contributed by atoms with E-state index in [-0.39, 0.29) is 11.8 Å². The molecule has 1 aliphatic rings. The summed E-state index contributed by atoms with van der Waals surface area (Å²) < 4.78 is 43.8. The van der Waals surface area contributed by atoms with E-state index in [0.717, 1.165) is 18.6 Å². The third-order valence-corrected chi connectivity index (χ3v) is 3.24. The molecule has 1 aromatic rings. The molecule has 0 radical (unpaired) electrons. The molecular weight excluding hydrogens is 285 g/mol. The summed E-state index contributed by atoms with van der Waals surface area (Å²) in [5, 5.41) is 11.1. The Bertz CT molecular complexity index is 593. The van der Waals surface area contributed by atoms with Gasteiger partial charge >= 0.3 is 6.18 Å². The van der Waals surface area contributed by atoms with Crippen molar-refractivity contribution in [1.82, 2.24) is 0 Å². The number of carbonyl (C=O) groups is 1. The first-order chi connectivity index (χ1) is 9.81. The maximum Gasteiger partial charge on any atom is 0.417 e. The molecule has 1 heterocycles. The van der Waals surface area contributed by atoms with E-state index in [1.54, 1.807) is 0 Å². The largest absolute Gasteiger partial charge is 0.417 e. The monoisotopic (exact) mass is 298 g/mol. The van der Waals surface area contributed by atoms with Gasteiger partial charge in [-0.3, -0.25) is 4.79 Å². The fourth-order valence-corrected chi connectivity index (χ4v) is 2.17. The van der Waals surface area contributed by atoms with Gasteiger partial charge in [0.05, 0.1) is 23.3 Å². The molecular formula is C14H13F3N2O2. The van der Waals surface area contributed by atoms with Crippen LogP contribution >= 0.6 is 0 Å². The molecule has 1 saturated heterocycles. The van der Waals surface area contributed by atoms with Crippen molar-refractivity contribution in [2.75, 3.05) is 5.32 Å². The van der Waals surface area contributed by atoms with E-state index < -0.39 is 29.3 Å². The van der Waals surface area contributed by atoms with Crippen LogP contribution in [0.4, 0.5) is 18.9 Å². The lowest BCUT2D eigenvalue weighted by Gasteiger charge is -2.14. The molecule has 1 amide bonds. The molecule has 2 rings (SSSR count). The van der Waals surface area contributed by atoms with E-state index >= 15 is 0 Å². The zero-order valence-electron chi connectivity index (χ0n) is 11.2. The molecule has 0 aromatic heterocycles. The van der Waals surface area contributed by atoms with Gasteiger partial charge in [0.2, 0.25) is 0 Å². The lowest BCUT2D eigenvalue weighted by molar-refractivity contribution is -0.137. The summed E-state index contributed by atoms with van der Waals surface area (Å²) in [5.41, 5.74) is -1.55. The van der Waals surface area contributed by atoms with Gasteiger partial charge in [0.15, 0.2) is 0 Å². The van der Waals surface area contributed by atoms with Crippen molar-refractivity contribution in [3.63, 3.8) is 0 Å². The number of nitrogens with one attached hydrogen (secondary N) is 1. The van der Waals surface area contributed by atoms with E-state index in [9.17, 15) is 18.0 Å².